The van der Waals surface area contributed by atoms with Crippen molar-refractivity contribution in [1.29, 1.82) is 0 Å². The van der Waals surface area contributed by atoms with Gasteiger partial charge in [-0.05, 0) is 43.3 Å². The number of nitrogens with zero attached hydrogens (tertiary/aromatic N) is 2. The summed E-state index contributed by atoms with van der Waals surface area (Å²) in [5, 5.41) is 8.74. The van der Waals surface area contributed by atoms with E-state index in [-0.39, 0.29) is 11.4 Å². The van der Waals surface area contributed by atoms with Crippen LogP contribution in [0.5, 0.6) is 0 Å². The minimum absolute atomic E-state index is 0.176. The Balaban J connectivity index is 1.80. The van der Waals surface area contributed by atoms with E-state index in [9.17, 15) is 9.18 Å². The molecular formula is C23H23FN4O2. The van der Waals surface area contributed by atoms with Gasteiger partial charge in [0, 0.05) is 36.8 Å². The van der Waals surface area contributed by atoms with Crippen LogP contribution in [0.4, 0.5) is 4.39 Å². The standard InChI is InChI=1S/C23H23FN4O2/c1-30-12-6-11-25-15-17-14-20-21(16-7-5-8-18(24)13-16)27-28(22(20)26-23(17)29)19-9-3-2-4-10-19/h2-5,7-10,13-14,25H,6,11-12,15H2,1H3,(H,26,29). The first-order valence-corrected chi connectivity index (χ1v) is 9.83. The van der Waals surface area contributed by atoms with Gasteiger partial charge in [0.25, 0.3) is 5.56 Å². The number of ether oxygens (including phenoxy) is 1. The lowest BCUT2D eigenvalue weighted by Crippen LogP contribution is -2.22. The van der Waals surface area contributed by atoms with Gasteiger partial charge in [0.05, 0.1) is 5.69 Å². The lowest BCUT2D eigenvalue weighted by molar-refractivity contribution is 0.194. The number of H-pyrrole nitrogens is 1. The Morgan fingerprint density at radius 3 is 2.73 bits per heavy atom. The van der Waals surface area contributed by atoms with Crippen LogP contribution in [-0.2, 0) is 11.3 Å². The molecule has 0 aliphatic carbocycles. The van der Waals surface area contributed by atoms with Crippen LogP contribution in [0.1, 0.15) is 12.0 Å². The molecule has 2 aromatic heterocycles. The largest absolute Gasteiger partial charge is 0.385 e. The summed E-state index contributed by atoms with van der Waals surface area (Å²) < 4.78 is 20.6. The molecule has 2 heterocycles. The molecule has 0 amide bonds. The van der Waals surface area contributed by atoms with Crippen molar-refractivity contribution in [3.8, 4) is 16.9 Å². The molecule has 0 saturated carbocycles. The zero-order valence-electron chi connectivity index (χ0n) is 16.7. The number of hydrogen-bond acceptors (Lipinski definition) is 4. The fraction of sp³-hybridized carbons (Fsp3) is 0.217. The van der Waals surface area contributed by atoms with Crippen LogP contribution in [0.25, 0.3) is 28.0 Å². The maximum absolute atomic E-state index is 13.9. The number of nitrogens with one attached hydrogen (secondary N) is 2. The summed E-state index contributed by atoms with van der Waals surface area (Å²) in [7, 11) is 1.66. The highest BCUT2D eigenvalue weighted by molar-refractivity contribution is 5.92. The molecule has 7 heteroatoms. The second-order valence-electron chi connectivity index (χ2n) is 7.02. The number of halogens is 1. The molecule has 0 aliphatic rings. The smallest absolute Gasteiger partial charge is 0.254 e. The lowest BCUT2D eigenvalue weighted by Gasteiger charge is -2.06. The fourth-order valence-corrected chi connectivity index (χ4v) is 3.42. The third-order valence-electron chi connectivity index (χ3n) is 4.88. The normalized spacial score (nSPS) is 11.3. The Morgan fingerprint density at radius 2 is 1.97 bits per heavy atom. The number of pyridine rings is 1. The monoisotopic (exact) mass is 406 g/mol. The maximum Gasteiger partial charge on any atom is 0.254 e. The van der Waals surface area contributed by atoms with Crippen LogP contribution < -0.4 is 10.9 Å². The van der Waals surface area contributed by atoms with E-state index in [0.717, 1.165) is 24.0 Å². The van der Waals surface area contributed by atoms with Gasteiger partial charge in [-0.25, -0.2) is 9.07 Å². The molecule has 0 atom stereocenters. The van der Waals surface area contributed by atoms with Crippen LogP contribution in [-0.4, -0.2) is 35.0 Å². The van der Waals surface area contributed by atoms with Crippen molar-refractivity contribution in [2.24, 2.45) is 0 Å². The SMILES string of the molecule is COCCCNCc1cc2c(-c3cccc(F)c3)nn(-c3ccccc3)c2[nH]c1=O. The van der Waals surface area contributed by atoms with Gasteiger partial charge in [-0.1, -0.05) is 30.3 Å². The molecule has 0 aliphatic heterocycles. The fourth-order valence-electron chi connectivity index (χ4n) is 3.42. The first-order valence-electron chi connectivity index (χ1n) is 9.83. The van der Waals surface area contributed by atoms with E-state index in [2.05, 4.69) is 10.3 Å². The number of methoxy groups -OCH3 is 1. The van der Waals surface area contributed by atoms with Gasteiger partial charge >= 0.3 is 0 Å². The minimum atomic E-state index is -0.334. The van der Waals surface area contributed by atoms with Crippen molar-refractivity contribution in [1.82, 2.24) is 20.1 Å². The zero-order chi connectivity index (χ0) is 20.9. The average molecular weight is 406 g/mol. The molecule has 4 aromatic rings. The number of hydrogen-bond donors (Lipinski definition) is 2. The predicted octanol–water partition coefficient (Wildman–Crippen LogP) is 3.65. The highest BCUT2D eigenvalue weighted by atomic mass is 19.1. The molecule has 0 bridgehead atoms. The van der Waals surface area contributed by atoms with Gasteiger partial charge in [0.2, 0.25) is 0 Å². The van der Waals surface area contributed by atoms with E-state index in [4.69, 9.17) is 9.84 Å². The number of rotatable bonds is 8. The first-order chi connectivity index (χ1) is 14.7. The molecule has 30 heavy (non-hydrogen) atoms. The molecular weight excluding hydrogens is 383 g/mol. The summed E-state index contributed by atoms with van der Waals surface area (Å²) in [6.45, 7) is 1.83. The van der Waals surface area contributed by atoms with E-state index in [1.54, 1.807) is 17.9 Å². The second-order valence-corrected chi connectivity index (χ2v) is 7.02. The van der Waals surface area contributed by atoms with Crippen molar-refractivity contribution in [2.45, 2.75) is 13.0 Å². The van der Waals surface area contributed by atoms with E-state index < -0.39 is 0 Å². The van der Waals surface area contributed by atoms with E-state index >= 15 is 0 Å². The number of benzene rings is 2. The molecule has 0 spiro atoms. The van der Waals surface area contributed by atoms with Crippen LogP contribution in [0, 0.1) is 5.82 Å². The number of fused-ring (bicyclic) bond motifs is 1. The molecule has 0 unspecified atom stereocenters. The Morgan fingerprint density at radius 1 is 1.13 bits per heavy atom. The van der Waals surface area contributed by atoms with Crippen molar-refractivity contribution < 1.29 is 9.13 Å². The minimum Gasteiger partial charge on any atom is -0.385 e. The van der Waals surface area contributed by atoms with Gasteiger partial charge in [-0.3, -0.25) is 4.79 Å². The van der Waals surface area contributed by atoms with Crippen molar-refractivity contribution in [2.75, 3.05) is 20.3 Å². The van der Waals surface area contributed by atoms with Gasteiger partial charge in [0.15, 0.2) is 0 Å². The molecule has 0 radical (unpaired) electrons. The van der Waals surface area contributed by atoms with Crippen LogP contribution in [0.3, 0.4) is 0 Å². The van der Waals surface area contributed by atoms with Crippen LogP contribution >= 0.6 is 0 Å². The molecule has 154 valence electrons. The highest BCUT2D eigenvalue weighted by Crippen LogP contribution is 2.29. The van der Waals surface area contributed by atoms with Crippen LogP contribution in [0.2, 0.25) is 0 Å². The van der Waals surface area contributed by atoms with Gasteiger partial charge in [-0.2, -0.15) is 5.10 Å². The molecule has 0 saturated heterocycles. The summed E-state index contributed by atoms with van der Waals surface area (Å²) in [6.07, 6.45) is 0.858. The Bertz CT molecular complexity index is 1200. The number of para-hydroxylation sites is 1. The van der Waals surface area contributed by atoms with Gasteiger partial charge in [0.1, 0.15) is 17.2 Å². The third-order valence-corrected chi connectivity index (χ3v) is 4.88. The summed E-state index contributed by atoms with van der Waals surface area (Å²) in [6, 6.07) is 17.7. The number of aromatic nitrogens is 3. The topological polar surface area (TPSA) is 71.9 Å². The molecule has 2 aromatic carbocycles. The molecule has 2 N–H and O–H groups in total. The molecule has 6 nitrogen and oxygen atoms in total. The van der Waals surface area contributed by atoms with Crippen LogP contribution in [0.15, 0.2) is 65.5 Å². The third kappa shape index (κ3) is 4.17. The van der Waals surface area contributed by atoms with E-state index in [0.29, 0.717) is 35.6 Å². The lowest BCUT2D eigenvalue weighted by atomic mass is 10.1. The van der Waals surface area contributed by atoms with Gasteiger partial charge < -0.3 is 15.0 Å². The summed E-state index contributed by atoms with van der Waals surface area (Å²) in [4.78, 5) is 15.7. The Kier molecular flexibility index (Phi) is 6.02. The average Bonchev–Trinajstić information content (AvgIpc) is 3.12. The van der Waals surface area contributed by atoms with Crippen molar-refractivity contribution in [3.63, 3.8) is 0 Å². The Hall–Kier alpha value is -3.29. The quantitative estimate of drug-likeness (QED) is 0.438. The first kappa shape index (κ1) is 20.0. The Labute approximate surface area is 173 Å². The highest BCUT2D eigenvalue weighted by Gasteiger charge is 2.17. The van der Waals surface area contributed by atoms with Crippen molar-refractivity contribution >= 4 is 11.0 Å². The van der Waals surface area contributed by atoms with E-state index in [1.165, 1.54) is 12.1 Å². The van der Waals surface area contributed by atoms with E-state index in [1.807, 2.05) is 42.5 Å². The summed E-state index contributed by atoms with van der Waals surface area (Å²) >= 11 is 0. The summed E-state index contributed by atoms with van der Waals surface area (Å²) in [5.74, 6) is -0.334. The summed E-state index contributed by atoms with van der Waals surface area (Å²) in [5.41, 5.74) is 3.08. The van der Waals surface area contributed by atoms with Gasteiger partial charge in [-0.15, -0.1) is 0 Å². The molecule has 0 fully saturated rings. The maximum atomic E-state index is 13.9. The zero-order valence-corrected chi connectivity index (χ0v) is 16.7. The predicted molar refractivity (Wildman–Crippen MR) is 115 cm³/mol. The number of aromatic amines is 1. The molecule has 4 rings (SSSR count). The van der Waals surface area contributed by atoms with Crippen molar-refractivity contribution in [3.05, 3.63) is 82.4 Å². The second kappa shape index (κ2) is 9.02.